The number of aromatic nitrogens is 1. The molecule has 0 spiro atoms. The fourth-order valence-electron chi connectivity index (χ4n) is 0.675. The van der Waals surface area contributed by atoms with Crippen molar-refractivity contribution in [2.24, 2.45) is 0 Å². The van der Waals surface area contributed by atoms with E-state index in [4.69, 9.17) is 4.74 Å². The molecule has 1 rings (SSSR count). The lowest BCUT2D eigenvalue weighted by Gasteiger charge is -2.06. The van der Waals surface area contributed by atoms with Gasteiger partial charge in [0.05, 0.1) is 9.67 Å². The maximum atomic E-state index is 5.45. The van der Waals surface area contributed by atoms with Gasteiger partial charge in [0.1, 0.15) is 5.75 Å². The van der Waals surface area contributed by atoms with Crippen LogP contribution in [0.1, 0.15) is 13.8 Å². The topological polar surface area (TPSA) is 25.0 Å². The van der Waals surface area contributed by atoms with Crippen LogP contribution in [0.25, 0.3) is 0 Å². The summed E-state index contributed by atoms with van der Waals surface area (Å²) in [5, 5.41) is 0. The van der Waals surface area contributed by atoms with Gasteiger partial charge in [0.25, 0.3) is 0 Å². The molecule has 0 aliphatic heterocycles. The first kappa shape index (κ1) is 7.91. The summed E-state index contributed by atoms with van der Waals surface area (Å²) in [6, 6.07) is 0. The van der Waals surface area contributed by atoms with Crippen molar-refractivity contribution in [3.8, 4) is 5.75 Å². The minimum Gasteiger partial charge on any atom is -0.488 e. The molecule has 3 heteroatoms. The number of halogens is 1. The minimum absolute atomic E-state index is 0.254. The molecule has 0 atom stereocenters. The van der Waals surface area contributed by atoms with E-state index in [2.05, 4.69) is 27.6 Å². The van der Waals surface area contributed by atoms with Crippen LogP contribution < -0.4 is 4.74 Å². The first-order chi connectivity index (χ1) is 4.70. The van der Waals surface area contributed by atoms with Gasteiger partial charge in [-0.05, 0) is 36.4 Å². The first-order valence-corrected chi connectivity index (χ1v) is 4.27. The zero-order valence-electron chi connectivity index (χ0n) is 6.02. The van der Waals surface area contributed by atoms with Gasteiger partial charge < -0.3 is 9.72 Å². The molecule has 0 fully saturated rings. The molecule has 1 N–H and O–H groups in total. The Morgan fingerprint density at radius 3 is 2.60 bits per heavy atom. The van der Waals surface area contributed by atoms with Crippen LogP contribution in [0.3, 0.4) is 0 Å². The van der Waals surface area contributed by atoms with E-state index in [9.17, 15) is 0 Å². The summed E-state index contributed by atoms with van der Waals surface area (Å²) in [7, 11) is 0. The molecular weight excluding hydrogens is 241 g/mol. The van der Waals surface area contributed by atoms with Gasteiger partial charge in [0, 0.05) is 12.4 Å². The average molecular weight is 251 g/mol. The van der Waals surface area contributed by atoms with Crippen LogP contribution in [0.2, 0.25) is 0 Å². The van der Waals surface area contributed by atoms with Crippen molar-refractivity contribution in [3.05, 3.63) is 16.0 Å². The maximum Gasteiger partial charge on any atom is 0.150 e. The van der Waals surface area contributed by atoms with Crippen LogP contribution in [0.4, 0.5) is 0 Å². The first-order valence-electron chi connectivity index (χ1n) is 3.19. The Bertz CT molecular complexity index is 207. The highest BCUT2D eigenvalue weighted by molar-refractivity contribution is 14.1. The van der Waals surface area contributed by atoms with Crippen molar-refractivity contribution < 1.29 is 4.74 Å². The minimum atomic E-state index is 0.254. The van der Waals surface area contributed by atoms with Crippen LogP contribution in [-0.2, 0) is 0 Å². The van der Waals surface area contributed by atoms with Gasteiger partial charge in [0.15, 0.2) is 0 Å². The normalized spacial score (nSPS) is 10.4. The second-order valence-electron chi connectivity index (χ2n) is 2.33. The largest absolute Gasteiger partial charge is 0.488 e. The standard InChI is InChI=1S/C7H10INO/c1-5(2)10-7-4-9-3-6(7)8/h3-5,9H,1-2H3. The van der Waals surface area contributed by atoms with Crippen molar-refractivity contribution in [2.45, 2.75) is 20.0 Å². The monoisotopic (exact) mass is 251 g/mol. The zero-order valence-corrected chi connectivity index (χ0v) is 8.18. The zero-order chi connectivity index (χ0) is 7.56. The van der Waals surface area contributed by atoms with E-state index in [0.29, 0.717) is 0 Å². The van der Waals surface area contributed by atoms with E-state index in [1.54, 1.807) is 0 Å². The summed E-state index contributed by atoms with van der Waals surface area (Å²) in [6.07, 6.45) is 4.03. The molecule has 0 bridgehead atoms. The van der Waals surface area contributed by atoms with Gasteiger partial charge in [-0.3, -0.25) is 0 Å². The third kappa shape index (κ3) is 1.90. The Kier molecular flexibility index (Phi) is 2.59. The van der Waals surface area contributed by atoms with Crippen LogP contribution in [0.15, 0.2) is 12.4 Å². The molecule has 0 radical (unpaired) electrons. The lowest BCUT2D eigenvalue weighted by Crippen LogP contribution is -2.05. The molecule has 0 aliphatic rings. The van der Waals surface area contributed by atoms with Crippen LogP contribution >= 0.6 is 22.6 Å². The predicted octanol–water partition coefficient (Wildman–Crippen LogP) is 2.41. The highest BCUT2D eigenvalue weighted by Gasteiger charge is 2.01. The van der Waals surface area contributed by atoms with E-state index < -0.39 is 0 Å². The van der Waals surface area contributed by atoms with Gasteiger partial charge in [-0.25, -0.2) is 0 Å². The van der Waals surface area contributed by atoms with Gasteiger partial charge in [0.2, 0.25) is 0 Å². The smallest absolute Gasteiger partial charge is 0.150 e. The molecule has 0 aromatic carbocycles. The molecule has 0 saturated heterocycles. The Hall–Kier alpha value is -0.190. The molecule has 56 valence electrons. The van der Waals surface area contributed by atoms with Crippen LogP contribution in [0, 0.1) is 3.57 Å². The van der Waals surface area contributed by atoms with E-state index in [-0.39, 0.29) is 6.10 Å². The van der Waals surface area contributed by atoms with E-state index in [1.807, 2.05) is 26.2 Å². The third-order valence-corrected chi connectivity index (χ3v) is 1.87. The number of hydrogen-bond donors (Lipinski definition) is 1. The number of aromatic amines is 1. The fourth-order valence-corrected chi connectivity index (χ4v) is 1.14. The van der Waals surface area contributed by atoms with E-state index >= 15 is 0 Å². The van der Waals surface area contributed by atoms with Crippen LogP contribution in [-0.4, -0.2) is 11.1 Å². The second-order valence-corrected chi connectivity index (χ2v) is 3.50. The summed E-state index contributed by atoms with van der Waals surface area (Å²) in [6.45, 7) is 4.03. The number of hydrogen-bond acceptors (Lipinski definition) is 1. The quantitative estimate of drug-likeness (QED) is 0.802. The van der Waals surface area contributed by atoms with Crippen molar-refractivity contribution in [1.82, 2.24) is 4.98 Å². The molecule has 10 heavy (non-hydrogen) atoms. The Morgan fingerprint density at radius 1 is 1.50 bits per heavy atom. The molecule has 1 aromatic rings. The molecule has 0 aliphatic carbocycles. The molecule has 0 unspecified atom stereocenters. The summed E-state index contributed by atoms with van der Waals surface area (Å²) < 4.78 is 6.58. The second kappa shape index (κ2) is 3.27. The highest BCUT2D eigenvalue weighted by Crippen LogP contribution is 2.20. The fraction of sp³-hybridized carbons (Fsp3) is 0.429. The molecule has 1 heterocycles. The Balaban J connectivity index is 2.65. The summed E-state index contributed by atoms with van der Waals surface area (Å²) >= 11 is 2.23. The van der Waals surface area contributed by atoms with Crippen molar-refractivity contribution in [1.29, 1.82) is 0 Å². The van der Waals surface area contributed by atoms with Gasteiger partial charge >= 0.3 is 0 Å². The summed E-state index contributed by atoms with van der Waals surface area (Å²) in [4.78, 5) is 2.97. The lowest BCUT2D eigenvalue weighted by atomic mass is 10.5. The Morgan fingerprint density at radius 2 is 2.20 bits per heavy atom. The van der Waals surface area contributed by atoms with E-state index in [0.717, 1.165) is 9.32 Å². The number of H-pyrrole nitrogens is 1. The highest BCUT2D eigenvalue weighted by atomic mass is 127. The molecule has 0 saturated carbocycles. The summed E-state index contributed by atoms with van der Waals surface area (Å²) in [5.74, 6) is 0.940. The van der Waals surface area contributed by atoms with E-state index in [1.165, 1.54) is 0 Å². The van der Waals surface area contributed by atoms with Gasteiger partial charge in [-0.2, -0.15) is 0 Å². The Labute approximate surface area is 74.1 Å². The summed E-state index contributed by atoms with van der Waals surface area (Å²) in [5.41, 5.74) is 0. The molecule has 2 nitrogen and oxygen atoms in total. The molecule has 0 amide bonds. The number of nitrogens with one attached hydrogen (secondary N) is 1. The average Bonchev–Trinajstić information content (AvgIpc) is 2.15. The van der Waals surface area contributed by atoms with Crippen molar-refractivity contribution in [3.63, 3.8) is 0 Å². The number of ether oxygens (including phenoxy) is 1. The SMILES string of the molecule is CC(C)Oc1c[nH]cc1I. The maximum absolute atomic E-state index is 5.45. The van der Waals surface area contributed by atoms with Gasteiger partial charge in [-0.1, -0.05) is 0 Å². The van der Waals surface area contributed by atoms with Crippen molar-refractivity contribution >= 4 is 22.6 Å². The van der Waals surface area contributed by atoms with Crippen LogP contribution in [0.5, 0.6) is 5.75 Å². The van der Waals surface area contributed by atoms with Gasteiger partial charge in [-0.15, -0.1) is 0 Å². The molecule has 1 aromatic heterocycles. The lowest BCUT2D eigenvalue weighted by molar-refractivity contribution is 0.241. The molecular formula is C7H10INO. The predicted molar refractivity (Wildman–Crippen MR) is 49.3 cm³/mol. The van der Waals surface area contributed by atoms with Crippen molar-refractivity contribution in [2.75, 3.05) is 0 Å². The third-order valence-electron chi connectivity index (χ3n) is 1.02. The number of rotatable bonds is 2.